The SMILES string of the molecule is CC1=Cc2c(-c3ccc(C(C)(C)C)cc3)ccc(C)c2[CH]1[Zr]([CH3])([CH3])(=[GeH2])[CH]1C(C(C)C)=Cc2c(-c3ccc(C(C)(C)C)cc3)cccc21.Cl.Cl. The van der Waals surface area contributed by atoms with Crippen LogP contribution in [0.2, 0.25) is 9.26 Å². The number of hydrogen-bond acceptors (Lipinski definition) is 0. The largest absolute Gasteiger partial charge is 0.147 e. The summed E-state index contributed by atoms with van der Waals surface area (Å²) in [5.74, 6) is 0.516. The molecule has 0 heterocycles. The molecule has 49 heavy (non-hydrogen) atoms. The Balaban J connectivity index is 0.00000270. The van der Waals surface area contributed by atoms with E-state index in [2.05, 4.69) is 170 Å². The molecule has 0 fully saturated rings. The van der Waals surface area contributed by atoms with Crippen LogP contribution in [0.3, 0.4) is 0 Å². The standard InChI is InChI=1S/C22H25.C21H23.2CH3.2ClH.GeH2.Zr/c1-15(2)18-13-17-7-6-8-20(21(17)14-18)16-9-11-19(12-10-16)22(3,4)5;1-14-12-19-15(2)6-11-18(20(19)13-14)16-7-9-17(10-8-16)21(3,4)5;;;;;;/h6-15H,1-5H3;6-13H,1-5H3;2*1H3;2*1H;1H2;. The Morgan fingerprint density at radius 3 is 1.57 bits per heavy atom. The third-order valence-corrected chi connectivity index (χ3v) is 34.3. The van der Waals surface area contributed by atoms with Gasteiger partial charge in [0.15, 0.2) is 0 Å². The van der Waals surface area contributed by atoms with Crippen molar-refractivity contribution in [1.29, 1.82) is 0 Å². The van der Waals surface area contributed by atoms with E-state index in [1.807, 2.05) is 0 Å². The number of fused-ring (bicyclic) bond motifs is 2. The van der Waals surface area contributed by atoms with E-state index in [4.69, 9.17) is 0 Å². The molecular formula is C45H58Cl2GeZr. The molecule has 0 nitrogen and oxygen atoms in total. The zero-order valence-corrected chi connectivity index (χ0v) is 39.0. The van der Waals surface area contributed by atoms with Crippen LogP contribution < -0.4 is 0 Å². The Bertz CT molecular complexity index is 2010. The Morgan fingerprint density at radius 1 is 0.612 bits per heavy atom. The maximum atomic E-state index is 2.82. The first kappa shape index (κ1) is 40.1. The van der Waals surface area contributed by atoms with E-state index in [0.29, 0.717) is 13.2 Å². The molecule has 0 saturated heterocycles. The van der Waals surface area contributed by atoms with Crippen LogP contribution in [0.15, 0.2) is 90.0 Å². The average Bonchev–Trinajstić information content (AvgIpc) is 3.57. The van der Waals surface area contributed by atoms with E-state index < -0.39 is 15.7 Å². The van der Waals surface area contributed by atoms with E-state index in [-0.39, 0.29) is 35.6 Å². The molecule has 4 aromatic rings. The minimum Gasteiger partial charge on any atom is -0.147 e. The molecule has 4 aromatic carbocycles. The summed E-state index contributed by atoms with van der Waals surface area (Å²) in [5, 5.41) is 0. The fourth-order valence-electron chi connectivity index (χ4n) is 9.00. The predicted octanol–water partition coefficient (Wildman–Crippen LogP) is 13.4. The van der Waals surface area contributed by atoms with Gasteiger partial charge in [-0.05, 0) is 0 Å². The van der Waals surface area contributed by atoms with Crippen LogP contribution in [0.1, 0.15) is 109 Å². The molecule has 2 aliphatic rings. The number of halogens is 2. The minimum atomic E-state index is -3.61. The second kappa shape index (κ2) is 13.7. The van der Waals surface area contributed by atoms with Gasteiger partial charge in [0.25, 0.3) is 0 Å². The molecule has 2 aliphatic carbocycles. The summed E-state index contributed by atoms with van der Waals surface area (Å²) < 4.78 is 6.74. The molecule has 0 spiro atoms. The fourth-order valence-corrected chi connectivity index (χ4v) is 36.0. The molecule has 0 radical (unpaired) electrons. The first-order chi connectivity index (χ1) is 21.8. The topological polar surface area (TPSA) is 0 Å². The number of aryl methyl sites for hydroxylation is 1. The summed E-state index contributed by atoms with van der Waals surface area (Å²) in [7, 11) is 0. The Kier molecular flexibility index (Phi) is 11.2. The van der Waals surface area contributed by atoms with Crippen LogP contribution in [-0.4, -0.2) is 12.1 Å². The van der Waals surface area contributed by atoms with Crippen molar-refractivity contribution in [2.75, 3.05) is 0 Å². The summed E-state index contributed by atoms with van der Waals surface area (Å²) in [5.41, 5.74) is 19.5. The molecule has 4 heteroatoms. The normalized spacial score (nSPS) is 17.5. The maximum Gasteiger partial charge on any atom is -0.147 e. The zero-order chi connectivity index (χ0) is 34.3. The van der Waals surface area contributed by atoms with Crippen LogP contribution in [-0.2, 0) is 26.5 Å². The van der Waals surface area contributed by atoms with Gasteiger partial charge in [-0.3, -0.25) is 0 Å². The smallest absolute Gasteiger partial charge is 0.147 e. The van der Waals surface area contributed by atoms with Gasteiger partial charge in [-0.25, -0.2) is 0 Å². The van der Waals surface area contributed by atoms with Gasteiger partial charge < -0.3 is 0 Å². The van der Waals surface area contributed by atoms with Gasteiger partial charge in [0.05, 0.1) is 0 Å². The fraction of sp³-hybridized carbons (Fsp3) is 0.378. The number of rotatable bonds is 5. The Morgan fingerprint density at radius 2 is 1.10 bits per heavy atom. The van der Waals surface area contributed by atoms with Crippen molar-refractivity contribution in [3.8, 4) is 22.3 Å². The van der Waals surface area contributed by atoms with E-state index in [1.54, 1.807) is 22.3 Å². The van der Waals surface area contributed by atoms with E-state index in [1.165, 1.54) is 62.2 Å². The molecule has 0 aliphatic heterocycles. The van der Waals surface area contributed by atoms with Crippen LogP contribution in [0.25, 0.3) is 34.4 Å². The summed E-state index contributed by atoms with van der Waals surface area (Å²) >= 11 is -2.21. The molecule has 0 N–H and O–H groups in total. The van der Waals surface area contributed by atoms with Crippen LogP contribution in [0, 0.1) is 12.8 Å². The van der Waals surface area contributed by atoms with Crippen molar-refractivity contribution < 1.29 is 15.7 Å². The second-order valence-corrected chi connectivity index (χ2v) is 63.2. The first-order valence-corrected chi connectivity index (χ1v) is 36.0. The van der Waals surface area contributed by atoms with Crippen molar-refractivity contribution in [2.45, 2.75) is 96.6 Å². The second-order valence-electron chi connectivity index (χ2n) is 18.2. The zero-order valence-electron chi connectivity index (χ0n) is 31.9. The molecule has 260 valence electrons. The van der Waals surface area contributed by atoms with Crippen molar-refractivity contribution in [3.05, 3.63) is 129 Å². The van der Waals surface area contributed by atoms with Gasteiger partial charge in [-0.15, -0.1) is 24.8 Å². The van der Waals surface area contributed by atoms with Gasteiger partial charge in [-0.1, -0.05) is 0 Å². The van der Waals surface area contributed by atoms with Crippen molar-refractivity contribution in [3.63, 3.8) is 0 Å². The average molecular weight is 834 g/mol. The summed E-state index contributed by atoms with van der Waals surface area (Å²) in [6.45, 7) is 23.5. The van der Waals surface area contributed by atoms with Crippen molar-refractivity contribution in [1.82, 2.24) is 0 Å². The third-order valence-electron chi connectivity index (χ3n) is 11.4. The summed E-state index contributed by atoms with van der Waals surface area (Å²) in [4.78, 5) is 0. The predicted molar refractivity (Wildman–Crippen MR) is 223 cm³/mol. The summed E-state index contributed by atoms with van der Waals surface area (Å²) in [6.07, 6.45) is 5.21. The van der Waals surface area contributed by atoms with Gasteiger partial charge in [0.1, 0.15) is 0 Å². The van der Waals surface area contributed by atoms with Crippen LogP contribution in [0.4, 0.5) is 0 Å². The number of hydrogen-bond donors (Lipinski definition) is 0. The van der Waals surface area contributed by atoms with E-state index in [0.717, 1.165) is 0 Å². The Labute approximate surface area is 315 Å². The maximum absolute atomic E-state index is 3.61. The molecule has 2 atom stereocenters. The van der Waals surface area contributed by atoms with Crippen LogP contribution >= 0.6 is 24.8 Å². The molecule has 0 aromatic heterocycles. The molecular weight excluding hydrogens is 775 g/mol. The molecule has 0 amide bonds. The molecule has 2 unspecified atom stereocenters. The minimum absolute atomic E-state index is 0. The monoisotopic (exact) mass is 832 g/mol. The number of allylic oxidation sites excluding steroid dienone is 2. The van der Waals surface area contributed by atoms with Gasteiger partial charge in [0.2, 0.25) is 0 Å². The molecule has 0 saturated carbocycles. The van der Waals surface area contributed by atoms with Gasteiger partial charge >= 0.3 is 294 Å². The Hall–Kier alpha value is -1.63. The van der Waals surface area contributed by atoms with Crippen molar-refractivity contribution >= 4 is 49.1 Å². The third kappa shape index (κ3) is 7.10. The van der Waals surface area contributed by atoms with Gasteiger partial charge in [0, 0.05) is 0 Å². The van der Waals surface area contributed by atoms with E-state index >= 15 is 0 Å². The molecule has 0 bridgehead atoms. The first-order valence-electron chi connectivity index (χ1n) is 17.7. The molecule has 6 rings (SSSR count). The van der Waals surface area contributed by atoms with E-state index in [9.17, 15) is 0 Å². The van der Waals surface area contributed by atoms with Crippen LogP contribution in [0.5, 0.6) is 0 Å². The number of benzene rings is 4. The van der Waals surface area contributed by atoms with Gasteiger partial charge in [-0.2, -0.15) is 0 Å². The quantitative estimate of drug-likeness (QED) is 0.176. The van der Waals surface area contributed by atoms with Crippen molar-refractivity contribution in [2.24, 2.45) is 5.92 Å². The summed E-state index contributed by atoms with van der Waals surface area (Å²) in [6, 6.07) is 30.8.